The van der Waals surface area contributed by atoms with Gasteiger partial charge in [-0.2, -0.15) is 5.26 Å². The molecule has 0 bridgehead atoms. The minimum absolute atomic E-state index is 0.0232. The number of aliphatic imine (C=N–C) groups is 1. The first-order valence-corrected chi connectivity index (χ1v) is 11.5. The monoisotopic (exact) mass is 439 g/mol. The fourth-order valence-corrected chi connectivity index (χ4v) is 5.64. The molecule has 10 heteroatoms. The molecule has 2 aliphatic rings. The van der Waals surface area contributed by atoms with Gasteiger partial charge in [0.25, 0.3) is 5.69 Å². The summed E-state index contributed by atoms with van der Waals surface area (Å²) in [4.78, 5) is 15.4. The molecule has 2 saturated heterocycles. The van der Waals surface area contributed by atoms with Gasteiger partial charge in [-0.1, -0.05) is 30.3 Å². The zero-order valence-corrected chi connectivity index (χ0v) is 17.9. The van der Waals surface area contributed by atoms with Crippen LogP contribution in [0.15, 0.2) is 53.5 Å². The highest BCUT2D eigenvalue weighted by Gasteiger charge is 2.50. The number of nitriles is 1. The number of benzene rings is 2. The molecular formula is C21H22N5O4P. The smallest absolute Gasteiger partial charge is 0.298 e. The van der Waals surface area contributed by atoms with Gasteiger partial charge in [0.05, 0.1) is 23.1 Å². The zero-order valence-electron chi connectivity index (χ0n) is 17.0. The van der Waals surface area contributed by atoms with Crippen molar-refractivity contribution in [1.82, 2.24) is 9.34 Å². The second-order valence-corrected chi connectivity index (χ2v) is 9.76. The highest BCUT2D eigenvalue weighted by atomic mass is 31.2. The van der Waals surface area contributed by atoms with Crippen LogP contribution in [-0.4, -0.2) is 46.2 Å². The van der Waals surface area contributed by atoms with Crippen LogP contribution in [-0.2, 0) is 15.6 Å². The van der Waals surface area contributed by atoms with Crippen molar-refractivity contribution in [2.24, 2.45) is 4.99 Å². The topological polar surface area (TPSA) is 112 Å². The molecule has 4 rings (SSSR count). The van der Waals surface area contributed by atoms with Crippen LogP contribution in [0, 0.1) is 21.4 Å². The van der Waals surface area contributed by atoms with Gasteiger partial charge in [0.2, 0.25) is 0 Å². The van der Waals surface area contributed by atoms with Crippen LogP contribution in [0.2, 0.25) is 0 Å². The van der Waals surface area contributed by atoms with Crippen molar-refractivity contribution in [1.29, 1.82) is 5.26 Å². The predicted molar refractivity (Wildman–Crippen MR) is 116 cm³/mol. The number of nitro benzene ring substituents is 1. The van der Waals surface area contributed by atoms with E-state index >= 15 is 0 Å². The molecule has 2 aliphatic heterocycles. The molecule has 0 amide bonds. The highest BCUT2D eigenvalue weighted by Crippen LogP contribution is 2.63. The van der Waals surface area contributed by atoms with Gasteiger partial charge in [-0.15, -0.1) is 0 Å². The number of hydrogen-bond acceptors (Lipinski definition) is 6. The van der Waals surface area contributed by atoms with E-state index in [0.29, 0.717) is 16.7 Å². The Hall–Kier alpha value is -2.89. The van der Waals surface area contributed by atoms with E-state index in [1.165, 1.54) is 6.07 Å². The van der Waals surface area contributed by atoms with E-state index in [0.717, 1.165) is 26.2 Å². The summed E-state index contributed by atoms with van der Waals surface area (Å²) >= 11 is 0. The Kier molecular flexibility index (Phi) is 5.99. The quantitative estimate of drug-likeness (QED) is 0.191. The molecule has 9 nitrogen and oxygen atoms in total. The van der Waals surface area contributed by atoms with Gasteiger partial charge in [-0.05, 0) is 24.6 Å². The van der Waals surface area contributed by atoms with Gasteiger partial charge in [0, 0.05) is 37.8 Å². The van der Waals surface area contributed by atoms with Gasteiger partial charge >= 0.3 is 7.67 Å². The Morgan fingerprint density at radius 2 is 1.87 bits per heavy atom. The lowest BCUT2D eigenvalue weighted by Gasteiger charge is -2.24. The standard InChI is InChI=1S/C21H22N5O4P/c1-16(30-31(29,24-9-10-24)25-11-12-25)18-7-8-21(26(27)28)19(13-18)15-23-20(14-22)17-5-3-2-4-6-17/h2-8,13,16H,9-12,15H2,1H3. The van der Waals surface area contributed by atoms with Crippen molar-refractivity contribution < 1.29 is 14.0 Å². The molecule has 2 aromatic carbocycles. The molecule has 0 radical (unpaired) electrons. The van der Waals surface area contributed by atoms with E-state index in [-0.39, 0.29) is 17.9 Å². The molecule has 1 unspecified atom stereocenters. The first kappa shape index (κ1) is 21.3. The molecule has 0 aliphatic carbocycles. The SMILES string of the molecule is CC(OP(=O)(N1CC1)N1CC1)c1ccc([N+](=O)[O-])c(CN=C(C#N)c2ccccc2)c1. The normalized spacial score (nSPS) is 17.7. The summed E-state index contributed by atoms with van der Waals surface area (Å²) in [5, 5.41) is 21.0. The molecule has 0 saturated carbocycles. The lowest BCUT2D eigenvalue weighted by atomic mass is 10.0. The van der Waals surface area contributed by atoms with Gasteiger partial charge in [-0.25, -0.2) is 9.34 Å². The van der Waals surface area contributed by atoms with Gasteiger partial charge in [-0.3, -0.25) is 24.2 Å². The minimum Gasteiger partial charge on any atom is -0.298 e. The largest absolute Gasteiger partial charge is 0.346 e. The zero-order chi connectivity index (χ0) is 22.0. The third-order valence-corrected chi connectivity index (χ3v) is 8.01. The maximum atomic E-state index is 13.3. The second kappa shape index (κ2) is 8.69. The Bertz CT molecular complexity index is 1090. The van der Waals surface area contributed by atoms with Crippen molar-refractivity contribution in [3.05, 3.63) is 75.3 Å². The van der Waals surface area contributed by atoms with Crippen molar-refractivity contribution in [3.8, 4) is 6.07 Å². The third kappa shape index (κ3) is 4.73. The first-order valence-electron chi connectivity index (χ1n) is 9.99. The summed E-state index contributed by atoms with van der Waals surface area (Å²) in [5.41, 5.74) is 1.83. The summed E-state index contributed by atoms with van der Waals surface area (Å²) in [5.74, 6) is 0. The molecule has 2 heterocycles. The summed E-state index contributed by atoms with van der Waals surface area (Å²) in [6.45, 7) is 4.76. The van der Waals surface area contributed by atoms with Crippen molar-refractivity contribution in [2.45, 2.75) is 19.6 Å². The fraction of sp³-hybridized carbons (Fsp3) is 0.333. The highest BCUT2D eigenvalue weighted by molar-refractivity contribution is 7.54. The van der Waals surface area contributed by atoms with Crippen molar-refractivity contribution in [2.75, 3.05) is 26.2 Å². The van der Waals surface area contributed by atoms with Crippen LogP contribution in [0.4, 0.5) is 5.69 Å². The molecular weight excluding hydrogens is 417 g/mol. The van der Waals surface area contributed by atoms with Crippen molar-refractivity contribution in [3.63, 3.8) is 0 Å². The Morgan fingerprint density at radius 1 is 1.23 bits per heavy atom. The van der Waals surface area contributed by atoms with Crippen molar-refractivity contribution >= 4 is 19.1 Å². The van der Waals surface area contributed by atoms with E-state index in [4.69, 9.17) is 4.52 Å². The van der Waals surface area contributed by atoms with E-state index in [2.05, 4.69) is 11.1 Å². The third-order valence-electron chi connectivity index (χ3n) is 5.19. The lowest BCUT2D eigenvalue weighted by molar-refractivity contribution is -0.385. The van der Waals surface area contributed by atoms with E-state index in [1.807, 2.05) is 15.4 Å². The predicted octanol–water partition coefficient (Wildman–Crippen LogP) is 3.92. The number of rotatable bonds is 9. The van der Waals surface area contributed by atoms with Crippen LogP contribution >= 0.6 is 7.67 Å². The first-order chi connectivity index (χ1) is 14.9. The maximum absolute atomic E-state index is 13.3. The van der Waals surface area contributed by atoms with Crippen LogP contribution < -0.4 is 0 Å². The Morgan fingerprint density at radius 3 is 2.42 bits per heavy atom. The van der Waals surface area contributed by atoms with E-state index in [1.54, 1.807) is 43.3 Å². The van der Waals surface area contributed by atoms with Crippen LogP contribution in [0.25, 0.3) is 0 Å². The molecule has 2 aromatic rings. The Labute approximate surface area is 180 Å². The molecule has 0 spiro atoms. The number of nitro groups is 1. The molecule has 1 atom stereocenters. The maximum Gasteiger partial charge on any atom is 0.346 e. The summed E-state index contributed by atoms with van der Waals surface area (Å²) in [7, 11) is -3.02. The summed E-state index contributed by atoms with van der Waals surface area (Å²) in [6, 6.07) is 15.7. The van der Waals surface area contributed by atoms with Crippen LogP contribution in [0.1, 0.15) is 29.7 Å². The molecule has 2 fully saturated rings. The second-order valence-electron chi connectivity index (χ2n) is 7.43. The van der Waals surface area contributed by atoms with E-state index < -0.39 is 18.7 Å². The number of hydrogen-bond donors (Lipinski definition) is 0. The number of nitrogens with zero attached hydrogens (tertiary/aromatic N) is 5. The lowest BCUT2D eigenvalue weighted by Crippen LogP contribution is -2.11. The summed E-state index contributed by atoms with van der Waals surface area (Å²) in [6.07, 6.45) is -0.514. The average Bonchev–Trinajstić information content (AvgIpc) is 3.66. The van der Waals surface area contributed by atoms with Gasteiger partial charge in [0.15, 0.2) is 0 Å². The van der Waals surface area contributed by atoms with E-state index in [9.17, 15) is 19.9 Å². The summed E-state index contributed by atoms with van der Waals surface area (Å²) < 4.78 is 22.9. The molecule has 0 N–H and O–H groups in total. The molecule has 31 heavy (non-hydrogen) atoms. The average molecular weight is 439 g/mol. The minimum atomic E-state index is -3.02. The fourth-order valence-electron chi connectivity index (χ4n) is 3.29. The Balaban J connectivity index is 1.59. The van der Waals surface area contributed by atoms with Gasteiger partial charge in [0.1, 0.15) is 11.8 Å². The molecule has 160 valence electrons. The van der Waals surface area contributed by atoms with Crippen LogP contribution in [0.5, 0.6) is 0 Å². The molecule has 0 aromatic heterocycles. The van der Waals surface area contributed by atoms with Gasteiger partial charge < -0.3 is 0 Å². The van der Waals surface area contributed by atoms with Crippen LogP contribution in [0.3, 0.4) is 0 Å².